The van der Waals surface area contributed by atoms with Crippen LogP contribution >= 0.6 is 0 Å². The van der Waals surface area contributed by atoms with E-state index in [-0.39, 0.29) is 6.04 Å². The first-order valence-corrected chi connectivity index (χ1v) is 7.29. The largest absolute Gasteiger partial charge is 0.322 e. The maximum atomic E-state index is 6.29. The molecule has 3 rings (SSSR count). The molecule has 4 nitrogen and oxygen atoms in total. The van der Waals surface area contributed by atoms with Crippen LogP contribution in [0.1, 0.15) is 37.3 Å². The van der Waals surface area contributed by atoms with Crippen LogP contribution in [0.25, 0.3) is 10.9 Å². The summed E-state index contributed by atoms with van der Waals surface area (Å²) in [6, 6.07) is 14.4. The van der Waals surface area contributed by atoms with Crippen LogP contribution in [-0.2, 0) is 6.42 Å². The van der Waals surface area contributed by atoms with Gasteiger partial charge in [0.2, 0.25) is 0 Å². The minimum Gasteiger partial charge on any atom is -0.322 e. The van der Waals surface area contributed by atoms with E-state index in [0.29, 0.717) is 12.5 Å². The molecule has 0 amide bonds. The monoisotopic (exact) mass is 280 g/mol. The Morgan fingerprint density at radius 2 is 1.90 bits per heavy atom. The molecule has 0 spiro atoms. The van der Waals surface area contributed by atoms with Crippen LogP contribution in [0.2, 0.25) is 0 Å². The van der Waals surface area contributed by atoms with Gasteiger partial charge in [-0.05, 0) is 32.0 Å². The third kappa shape index (κ3) is 2.95. The first kappa shape index (κ1) is 13.8. The maximum Gasteiger partial charge on any atom is 0.0706 e. The number of benzene rings is 1. The fourth-order valence-electron chi connectivity index (χ4n) is 2.39. The topological polar surface area (TPSA) is 56.7 Å². The average Bonchev–Trinajstić information content (AvgIpc) is 2.95. The summed E-state index contributed by atoms with van der Waals surface area (Å²) in [4.78, 5) is 4.65. The minimum atomic E-state index is -0.134. The molecule has 1 aromatic carbocycles. The number of fused-ring (bicyclic) bond motifs is 1. The average molecular weight is 280 g/mol. The molecule has 0 saturated heterocycles. The molecule has 0 fully saturated rings. The molecule has 2 aromatic heterocycles. The molecule has 3 aromatic rings. The van der Waals surface area contributed by atoms with E-state index in [9.17, 15) is 0 Å². The molecular formula is C17H20N4. The highest BCUT2D eigenvalue weighted by atomic mass is 15.3. The number of aromatic nitrogens is 3. The fourth-order valence-corrected chi connectivity index (χ4v) is 2.39. The van der Waals surface area contributed by atoms with E-state index in [1.807, 2.05) is 41.2 Å². The quantitative estimate of drug-likeness (QED) is 0.798. The van der Waals surface area contributed by atoms with Crippen LogP contribution in [0.4, 0.5) is 0 Å². The van der Waals surface area contributed by atoms with Gasteiger partial charge in [0.25, 0.3) is 0 Å². The van der Waals surface area contributed by atoms with Crippen molar-refractivity contribution in [3.8, 4) is 0 Å². The summed E-state index contributed by atoms with van der Waals surface area (Å²) >= 11 is 0. The van der Waals surface area contributed by atoms with Gasteiger partial charge in [0, 0.05) is 24.0 Å². The molecule has 0 aliphatic heterocycles. The number of nitrogens with two attached hydrogens (primary N) is 1. The van der Waals surface area contributed by atoms with Crippen LogP contribution in [0, 0.1) is 0 Å². The molecule has 4 heteroatoms. The van der Waals surface area contributed by atoms with Gasteiger partial charge in [-0.25, -0.2) is 0 Å². The van der Waals surface area contributed by atoms with E-state index in [1.54, 1.807) is 0 Å². The zero-order valence-corrected chi connectivity index (χ0v) is 12.4. The summed E-state index contributed by atoms with van der Waals surface area (Å²) in [6.45, 7) is 4.23. The van der Waals surface area contributed by atoms with Crippen LogP contribution in [-0.4, -0.2) is 14.8 Å². The SMILES string of the molecule is CC(C)n1ccc(CC(N)c2ccc3ccccc3n2)n1. The van der Waals surface area contributed by atoms with Gasteiger partial charge in [0.1, 0.15) is 0 Å². The number of pyridine rings is 1. The lowest BCUT2D eigenvalue weighted by Crippen LogP contribution is -2.15. The molecule has 2 N–H and O–H groups in total. The maximum absolute atomic E-state index is 6.29. The summed E-state index contributed by atoms with van der Waals surface area (Å²) in [5.41, 5.74) is 9.19. The molecule has 21 heavy (non-hydrogen) atoms. The van der Waals surface area contributed by atoms with Crippen molar-refractivity contribution in [2.75, 3.05) is 0 Å². The Bertz CT molecular complexity index is 745. The summed E-state index contributed by atoms with van der Waals surface area (Å²) in [5, 5.41) is 5.68. The van der Waals surface area contributed by atoms with Crippen LogP contribution in [0.15, 0.2) is 48.7 Å². The van der Waals surface area contributed by atoms with Crippen molar-refractivity contribution in [3.63, 3.8) is 0 Å². The standard InChI is InChI=1S/C17H20N4/c1-12(2)21-10-9-14(20-21)11-15(18)17-8-7-13-5-3-4-6-16(13)19-17/h3-10,12,15H,11,18H2,1-2H3. The Balaban J connectivity index is 1.80. The Hall–Kier alpha value is -2.20. The van der Waals surface area contributed by atoms with E-state index >= 15 is 0 Å². The highest BCUT2D eigenvalue weighted by Crippen LogP contribution is 2.18. The van der Waals surface area contributed by atoms with E-state index in [0.717, 1.165) is 22.3 Å². The van der Waals surface area contributed by atoms with Crippen molar-refractivity contribution in [2.45, 2.75) is 32.4 Å². The lowest BCUT2D eigenvalue weighted by atomic mass is 10.1. The molecule has 0 saturated carbocycles. The first-order valence-electron chi connectivity index (χ1n) is 7.29. The highest BCUT2D eigenvalue weighted by molar-refractivity contribution is 5.78. The normalized spacial score (nSPS) is 13.0. The third-order valence-corrected chi connectivity index (χ3v) is 3.62. The number of hydrogen-bond donors (Lipinski definition) is 1. The van der Waals surface area contributed by atoms with E-state index in [4.69, 9.17) is 5.73 Å². The van der Waals surface area contributed by atoms with Crippen molar-refractivity contribution < 1.29 is 0 Å². The summed E-state index contributed by atoms with van der Waals surface area (Å²) in [6.07, 6.45) is 2.70. The van der Waals surface area contributed by atoms with Crippen molar-refractivity contribution in [3.05, 3.63) is 60.0 Å². The van der Waals surface area contributed by atoms with Gasteiger partial charge in [-0.2, -0.15) is 5.10 Å². The van der Waals surface area contributed by atoms with Gasteiger partial charge in [-0.3, -0.25) is 9.67 Å². The Morgan fingerprint density at radius 1 is 1.10 bits per heavy atom. The van der Waals surface area contributed by atoms with Crippen LogP contribution in [0.5, 0.6) is 0 Å². The lowest BCUT2D eigenvalue weighted by molar-refractivity contribution is 0.522. The predicted molar refractivity (Wildman–Crippen MR) is 85.0 cm³/mol. The molecule has 0 aliphatic carbocycles. The minimum absolute atomic E-state index is 0.134. The second-order valence-electron chi connectivity index (χ2n) is 5.62. The van der Waals surface area contributed by atoms with Gasteiger partial charge >= 0.3 is 0 Å². The molecule has 1 atom stereocenters. The zero-order valence-electron chi connectivity index (χ0n) is 12.4. The second-order valence-corrected chi connectivity index (χ2v) is 5.62. The number of nitrogens with zero attached hydrogens (tertiary/aromatic N) is 3. The number of hydrogen-bond acceptors (Lipinski definition) is 3. The molecule has 1 unspecified atom stereocenters. The van der Waals surface area contributed by atoms with Crippen molar-refractivity contribution >= 4 is 10.9 Å². The van der Waals surface area contributed by atoms with E-state index in [2.05, 4.69) is 36.1 Å². The van der Waals surface area contributed by atoms with E-state index < -0.39 is 0 Å². The summed E-state index contributed by atoms with van der Waals surface area (Å²) < 4.78 is 1.95. The van der Waals surface area contributed by atoms with Gasteiger partial charge in [-0.15, -0.1) is 0 Å². The zero-order chi connectivity index (χ0) is 14.8. The van der Waals surface area contributed by atoms with Crippen molar-refractivity contribution in [2.24, 2.45) is 5.73 Å². The number of rotatable bonds is 4. The molecule has 0 radical (unpaired) electrons. The van der Waals surface area contributed by atoms with Gasteiger partial charge < -0.3 is 5.73 Å². The lowest BCUT2D eigenvalue weighted by Gasteiger charge is -2.11. The van der Waals surface area contributed by atoms with Crippen molar-refractivity contribution in [1.82, 2.24) is 14.8 Å². The van der Waals surface area contributed by atoms with E-state index in [1.165, 1.54) is 0 Å². The van der Waals surface area contributed by atoms with Crippen LogP contribution < -0.4 is 5.73 Å². The Kier molecular flexibility index (Phi) is 3.71. The summed E-state index contributed by atoms with van der Waals surface area (Å²) in [5.74, 6) is 0. The van der Waals surface area contributed by atoms with Gasteiger partial charge in [0.15, 0.2) is 0 Å². The van der Waals surface area contributed by atoms with Crippen LogP contribution in [0.3, 0.4) is 0 Å². The highest BCUT2D eigenvalue weighted by Gasteiger charge is 2.12. The second kappa shape index (κ2) is 5.66. The molecule has 2 heterocycles. The fraction of sp³-hybridized carbons (Fsp3) is 0.294. The Labute approximate surface area is 124 Å². The smallest absolute Gasteiger partial charge is 0.0706 e. The molecule has 0 aliphatic rings. The third-order valence-electron chi connectivity index (χ3n) is 3.62. The van der Waals surface area contributed by atoms with Gasteiger partial charge in [-0.1, -0.05) is 24.3 Å². The predicted octanol–water partition coefficient (Wildman–Crippen LogP) is 3.25. The molecule has 108 valence electrons. The van der Waals surface area contributed by atoms with Crippen molar-refractivity contribution in [1.29, 1.82) is 0 Å². The number of para-hydroxylation sites is 1. The molecular weight excluding hydrogens is 260 g/mol. The molecule has 0 bridgehead atoms. The Morgan fingerprint density at radius 3 is 2.67 bits per heavy atom. The first-order chi connectivity index (χ1) is 10.1. The van der Waals surface area contributed by atoms with Gasteiger partial charge in [0.05, 0.1) is 22.9 Å². The summed E-state index contributed by atoms with van der Waals surface area (Å²) in [7, 11) is 0.